The van der Waals surface area contributed by atoms with Gasteiger partial charge in [0.25, 0.3) is 0 Å². The standard InChI is InChI=1S/C15H11F6N5O5/c1-2-26-9(23-12(25-22)24-13(26)29)6-3-4-7(30-10(27)14(16,17)18)8(5-6)31-11(28)15(19,20)21/h3-5H,2,22H2,1H3,(H,24,25,29). The SMILES string of the molecule is CCn1c(-c2ccc(OC(=O)C(F)(F)F)c(OC(=O)C(F)(F)F)c2)nc(NN)nc1=O. The average Bonchev–Trinajstić information content (AvgIpc) is 2.66. The summed E-state index contributed by atoms with van der Waals surface area (Å²) >= 11 is 0. The highest BCUT2D eigenvalue weighted by Gasteiger charge is 2.44. The zero-order chi connectivity index (χ0) is 23.6. The van der Waals surface area contributed by atoms with Crippen LogP contribution >= 0.6 is 0 Å². The van der Waals surface area contributed by atoms with E-state index in [9.17, 15) is 40.7 Å². The first-order valence-corrected chi connectivity index (χ1v) is 7.95. The number of rotatable bonds is 5. The molecule has 0 aliphatic heterocycles. The van der Waals surface area contributed by atoms with Gasteiger partial charge < -0.3 is 9.47 Å². The number of carbonyl (C=O) groups excluding carboxylic acids is 2. The maximum Gasteiger partial charge on any atom is 0.491 e. The van der Waals surface area contributed by atoms with Gasteiger partial charge in [-0.1, -0.05) is 0 Å². The highest BCUT2D eigenvalue weighted by Crippen LogP contribution is 2.35. The molecule has 31 heavy (non-hydrogen) atoms. The van der Waals surface area contributed by atoms with Gasteiger partial charge in [0.2, 0.25) is 5.95 Å². The Morgan fingerprint density at radius 1 is 1.03 bits per heavy atom. The number of nitrogens with one attached hydrogen (secondary N) is 1. The van der Waals surface area contributed by atoms with Crippen molar-refractivity contribution in [3.8, 4) is 22.9 Å². The summed E-state index contributed by atoms with van der Waals surface area (Å²) in [6, 6.07) is 2.20. The molecule has 2 aromatic rings. The van der Waals surface area contributed by atoms with Crippen LogP contribution in [0.3, 0.4) is 0 Å². The fraction of sp³-hybridized carbons (Fsp3) is 0.267. The predicted octanol–water partition coefficient (Wildman–Crippen LogP) is 1.55. The molecule has 0 saturated carbocycles. The van der Waals surface area contributed by atoms with Crippen molar-refractivity contribution in [2.45, 2.75) is 25.8 Å². The van der Waals surface area contributed by atoms with Crippen LogP contribution in [-0.4, -0.2) is 38.8 Å². The second-order valence-corrected chi connectivity index (χ2v) is 5.48. The third kappa shape index (κ3) is 5.47. The van der Waals surface area contributed by atoms with E-state index in [2.05, 4.69) is 19.4 Å². The highest BCUT2D eigenvalue weighted by molar-refractivity contribution is 5.82. The number of aromatic nitrogens is 3. The normalized spacial score (nSPS) is 11.7. The molecule has 0 radical (unpaired) electrons. The fourth-order valence-corrected chi connectivity index (χ4v) is 2.12. The fourth-order valence-electron chi connectivity index (χ4n) is 2.12. The molecule has 0 bridgehead atoms. The summed E-state index contributed by atoms with van der Waals surface area (Å²) in [6.07, 6.45) is -11.0. The smallest absolute Gasteiger partial charge is 0.416 e. The molecule has 3 N–H and O–H groups in total. The number of carbonyl (C=O) groups is 2. The van der Waals surface area contributed by atoms with Gasteiger partial charge in [-0.2, -0.15) is 36.3 Å². The lowest BCUT2D eigenvalue weighted by Gasteiger charge is -2.15. The van der Waals surface area contributed by atoms with Crippen LogP contribution in [0.1, 0.15) is 6.92 Å². The minimum absolute atomic E-state index is 0.0263. The average molecular weight is 455 g/mol. The Balaban J connectivity index is 2.64. The van der Waals surface area contributed by atoms with E-state index in [0.29, 0.717) is 12.1 Å². The van der Waals surface area contributed by atoms with Gasteiger partial charge in [0.15, 0.2) is 11.5 Å². The van der Waals surface area contributed by atoms with Gasteiger partial charge >= 0.3 is 30.0 Å². The maximum atomic E-state index is 12.6. The van der Waals surface area contributed by atoms with E-state index in [1.807, 2.05) is 5.43 Å². The largest absolute Gasteiger partial charge is 0.491 e. The predicted molar refractivity (Wildman–Crippen MR) is 88.6 cm³/mol. The Labute approximate surface area is 167 Å². The van der Waals surface area contributed by atoms with E-state index in [1.165, 1.54) is 6.92 Å². The summed E-state index contributed by atoms with van der Waals surface area (Å²) < 4.78 is 84.0. The van der Waals surface area contributed by atoms with E-state index >= 15 is 0 Å². The first kappa shape index (κ1) is 23.6. The number of benzene rings is 1. The van der Waals surface area contributed by atoms with Crippen LogP contribution in [0.5, 0.6) is 11.5 Å². The first-order chi connectivity index (χ1) is 14.3. The topological polar surface area (TPSA) is 138 Å². The van der Waals surface area contributed by atoms with Crippen molar-refractivity contribution >= 4 is 17.9 Å². The van der Waals surface area contributed by atoms with E-state index in [4.69, 9.17) is 5.84 Å². The molecule has 16 heteroatoms. The number of hydrogen-bond acceptors (Lipinski definition) is 9. The van der Waals surface area contributed by atoms with Gasteiger partial charge in [-0.15, -0.1) is 0 Å². The highest BCUT2D eigenvalue weighted by atomic mass is 19.4. The van der Waals surface area contributed by atoms with Crippen molar-refractivity contribution in [3.63, 3.8) is 0 Å². The number of alkyl halides is 6. The first-order valence-electron chi connectivity index (χ1n) is 7.95. The molecule has 0 amide bonds. The second kappa shape index (κ2) is 8.58. The van der Waals surface area contributed by atoms with Crippen LogP contribution in [0, 0.1) is 0 Å². The lowest BCUT2D eigenvalue weighted by Crippen LogP contribution is -2.30. The summed E-state index contributed by atoms with van der Waals surface area (Å²) in [6.45, 7) is 1.47. The summed E-state index contributed by atoms with van der Waals surface area (Å²) in [5.74, 6) is -3.38. The van der Waals surface area contributed by atoms with Crippen LogP contribution in [0.2, 0.25) is 0 Å². The van der Waals surface area contributed by atoms with Gasteiger partial charge in [-0.05, 0) is 25.1 Å². The number of nitrogen functional groups attached to an aromatic ring is 1. The number of anilines is 1. The second-order valence-electron chi connectivity index (χ2n) is 5.48. The molecule has 0 aliphatic carbocycles. The van der Waals surface area contributed by atoms with E-state index in [-0.39, 0.29) is 23.9 Å². The molecule has 0 saturated heterocycles. The summed E-state index contributed by atoms with van der Waals surface area (Å²) in [4.78, 5) is 41.6. The molecule has 0 spiro atoms. The lowest BCUT2D eigenvalue weighted by atomic mass is 10.2. The molecule has 0 aliphatic rings. The maximum absolute atomic E-state index is 12.6. The van der Waals surface area contributed by atoms with Crippen LogP contribution in [0.15, 0.2) is 23.0 Å². The Bertz CT molecular complexity index is 1070. The summed E-state index contributed by atoms with van der Waals surface area (Å²) in [5.41, 5.74) is 0.913. The van der Waals surface area contributed by atoms with Gasteiger partial charge in [-0.25, -0.2) is 20.2 Å². The summed E-state index contributed by atoms with van der Waals surface area (Å²) in [7, 11) is 0. The molecule has 168 valence electrons. The molecule has 2 rings (SSSR count). The molecule has 0 atom stereocenters. The number of hydrogen-bond donors (Lipinski definition) is 2. The van der Waals surface area contributed by atoms with E-state index in [1.54, 1.807) is 0 Å². The number of halogens is 6. The van der Waals surface area contributed by atoms with Crippen molar-refractivity contribution in [1.29, 1.82) is 0 Å². The van der Waals surface area contributed by atoms with Crippen LogP contribution in [-0.2, 0) is 16.1 Å². The Morgan fingerprint density at radius 3 is 2.06 bits per heavy atom. The van der Waals surface area contributed by atoms with Crippen molar-refractivity contribution in [3.05, 3.63) is 28.7 Å². The number of nitrogens with zero attached hydrogens (tertiary/aromatic N) is 3. The molecule has 10 nitrogen and oxygen atoms in total. The molecule has 1 heterocycles. The number of hydrazine groups is 1. The molecule has 1 aromatic heterocycles. The lowest BCUT2D eigenvalue weighted by molar-refractivity contribution is -0.191. The Kier molecular flexibility index (Phi) is 6.53. The molecule has 1 aromatic carbocycles. The van der Waals surface area contributed by atoms with Crippen LogP contribution in [0.4, 0.5) is 32.3 Å². The minimum Gasteiger partial charge on any atom is -0.416 e. The van der Waals surface area contributed by atoms with E-state index < -0.39 is 41.5 Å². The van der Waals surface area contributed by atoms with Gasteiger partial charge in [-0.3, -0.25) is 9.99 Å². The number of esters is 2. The van der Waals surface area contributed by atoms with Crippen molar-refractivity contribution in [1.82, 2.24) is 14.5 Å². The van der Waals surface area contributed by atoms with Crippen molar-refractivity contribution < 1.29 is 45.4 Å². The Hall–Kier alpha value is -3.69. The monoisotopic (exact) mass is 455 g/mol. The Morgan fingerprint density at radius 2 is 1.58 bits per heavy atom. The zero-order valence-corrected chi connectivity index (χ0v) is 15.2. The van der Waals surface area contributed by atoms with Crippen LogP contribution in [0.25, 0.3) is 11.4 Å². The van der Waals surface area contributed by atoms with Gasteiger partial charge in [0, 0.05) is 12.1 Å². The van der Waals surface area contributed by atoms with Gasteiger partial charge in [0.1, 0.15) is 5.82 Å². The summed E-state index contributed by atoms with van der Waals surface area (Å²) in [5, 5.41) is 0. The third-order valence-electron chi connectivity index (χ3n) is 3.42. The molecule has 0 unspecified atom stereocenters. The molecule has 0 fully saturated rings. The molecular formula is C15H11F6N5O5. The number of ether oxygens (including phenoxy) is 2. The number of nitrogens with two attached hydrogens (primary N) is 1. The van der Waals surface area contributed by atoms with Crippen molar-refractivity contribution in [2.75, 3.05) is 5.43 Å². The van der Waals surface area contributed by atoms with Gasteiger partial charge in [0.05, 0.1) is 0 Å². The molecular weight excluding hydrogens is 444 g/mol. The third-order valence-corrected chi connectivity index (χ3v) is 3.42. The van der Waals surface area contributed by atoms with E-state index in [0.717, 1.165) is 10.6 Å². The van der Waals surface area contributed by atoms with Crippen LogP contribution < -0.4 is 26.4 Å². The van der Waals surface area contributed by atoms with Crippen molar-refractivity contribution in [2.24, 2.45) is 5.84 Å². The minimum atomic E-state index is -5.52. The zero-order valence-electron chi connectivity index (χ0n) is 15.2. The quantitative estimate of drug-likeness (QED) is 0.226.